The summed E-state index contributed by atoms with van der Waals surface area (Å²) in [6.07, 6.45) is 4.02. The Morgan fingerprint density at radius 1 is 0.618 bits per heavy atom. The van der Waals surface area contributed by atoms with Crippen molar-refractivity contribution in [1.29, 1.82) is 0 Å². The molecule has 1 aliphatic rings. The van der Waals surface area contributed by atoms with E-state index in [1.165, 1.54) is 43.4 Å². The second kappa shape index (κ2) is 12.2. The first kappa shape index (κ1) is 32.1. The van der Waals surface area contributed by atoms with Gasteiger partial charge >= 0.3 is 21.7 Å². The van der Waals surface area contributed by atoms with Gasteiger partial charge in [0.15, 0.2) is 0 Å². The van der Waals surface area contributed by atoms with Crippen LogP contribution in [0.4, 0.5) is 0 Å². The van der Waals surface area contributed by atoms with E-state index in [0.29, 0.717) is 0 Å². The minimum atomic E-state index is -2.54. The van der Waals surface area contributed by atoms with Crippen LogP contribution in [0.5, 0.6) is 0 Å². The molecule has 0 N–H and O–H groups in total. The van der Waals surface area contributed by atoms with Crippen LogP contribution in [0.3, 0.4) is 0 Å². The molecular formula is C32H40SiTi. The molecule has 0 nitrogen and oxygen atoms in total. The quantitative estimate of drug-likeness (QED) is 0.206. The number of rotatable bonds is 4. The predicted molar refractivity (Wildman–Crippen MR) is 152 cm³/mol. The summed E-state index contributed by atoms with van der Waals surface area (Å²) in [6, 6.07) is 29.3. The Bertz CT molecular complexity index is 1080. The molecule has 0 heterocycles. The zero-order chi connectivity index (χ0) is 21.5. The molecule has 176 valence electrons. The molecule has 34 heavy (non-hydrogen) atoms. The maximum absolute atomic E-state index is 4.02. The smallest absolute Gasteiger partial charge is 0.358 e. The standard InChI is InChI=1S/C29H31Si.3CH3.Ti/c1-21-14-13-15-22(2)28(21)30(26-16-9-7-10-17-26,27-18-11-8-12-19-27)29(6)20-23(3)24(4)25(29)5;;;;/h7-19H,1-6H3;3*1H3;/q4*-1;+4. The Morgan fingerprint density at radius 3 is 1.38 bits per heavy atom. The monoisotopic (exact) mass is 500 g/mol. The van der Waals surface area contributed by atoms with Crippen molar-refractivity contribution in [2.75, 3.05) is 0 Å². The predicted octanol–water partition coefficient (Wildman–Crippen LogP) is 6.98. The van der Waals surface area contributed by atoms with Crippen molar-refractivity contribution in [2.24, 2.45) is 0 Å². The van der Waals surface area contributed by atoms with E-state index in [1.54, 1.807) is 0 Å². The molecule has 0 spiro atoms. The molecule has 0 amide bonds. The molecule has 0 radical (unpaired) electrons. The number of aryl methyl sites for hydroxylation is 2. The minimum Gasteiger partial charge on any atom is -0.358 e. The fourth-order valence-electron chi connectivity index (χ4n) is 5.66. The van der Waals surface area contributed by atoms with Crippen molar-refractivity contribution in [3.63, 3.8) is 0 Å². The number of benzene rings is 3. The van der Waals surface area contributed by atoms with Gasteiger partial charge < -0.3 is 22.3 Å². The molecule has 0 fully saturated rings. The third-order valence-corrected chi connectivity index (χ3v) is 13.3. The van der Waals surface area contributed by atoms with Gasteiger partial charge in [-0.3, -0.25) is 6.08 Å². The van der Waals surface area contributed by atoms with Gasteiger partial charge in [0.2, 0.25) is 0 Å². The zero-order valence-corrected chi connectivity index (χ0v) is 25.1. The van der Waals surface area contributed by atoms with Gasteiger partial charge in [-0.25, -0.2) is 5.57 Å². The Labute approximate surface area is 226 Å². The summed E-state index contributed by atoms with van der Waals surface area (Å²) in [5.41, 5.74) is 6.92. The summed E-state index contributed by atoms with van der Waals surface area (Å²) in [4.78, 5) is 0. The SMILES string of the molecule is CC1=[C-]C(C)([Si](c2ccccc2)(c2ccccc2)c2c(C)cccc2C)C(C)=C1C.[CH3-].[CH3-].[CH3-].[Ti+4]. The van der Waals surface area contributed by atoms with Crippen molar-refractivity contribution in [1.82, 2.24) is 0 Å². The maximum atomic E-state index is 4.02. The van der Waals surface area contributed by atoms with E-state index in [9.17, 15) is 0 Å². The van der Waals surface area contributed by atoms with Gasteiger partial charge in [-0.05, 0) is 29.4 Å². The first-order valence-corrected chi connectivity index (χ1v) is 12.8. The summed E-state index contributed by atoms with van der Waals surface area (Å²) in [5.74, 6) is 0. The van der Waals surface area contributed by atoms with Crippen LogP contribution >= 0.6 is 0 Å². The molecule has 0 aliphatic heterocycles. The van der Waals surface area contributed by atoms with Crippen molar-refractivity contribution >= 4 is 23.6 Å². The van der Waals surface area contributed by atoms with Gasteiger partial charge in [-0.2, -0.15) is 11.1 Å². The maximum Gasteiger partial charge on any atom is 4.00 e. The summed E-state index contributed by atoms with van der Waals surface area (Å²) < 4.78 is 0. The molecule has 4 rings (SSSR count). The average molecular weight is 501 g/mol. The van der Waals surface area contributed by atoms with Crippen LogP contribution in [0.1, 0.15) is 38.8 Å². The number of hydrogen-bond donors (Lipinski definition) is 0. The van der Waals surface area contributed by atoms with Crippen molar-refractivity contribution < 1.29 is 21.7 Å². The Balaban J connectivity index is 0.00000272. The van der Waals surface area contributed by atoms with E-state index < -0.39 is 8.07 Å². The van der Waals surface area contributed by atoms with Crippen LogP contribution in [-0.4, -0.2) is 8.07 Å². The van der Waals surface area contributed by atoms with Crippen LogP contribution in [0.2, 0.25) is 5.04 Å². The van der Waals surface area contributed by atoms with Gasteiger partial charge in [0.05, 0.1) is 0 Å². The van der Waals surface area contributed by atoms with Gasteiger partial charge in [0.1, 0.15) is 8.07 Å². The summed E-state index contributed by atoms with van der Waals surface area (Å²) in [5, 5.41) is 4.26. The van der Waals surface area contributed by atoms with E-state index in [-0.39, 0.29) is 49.0 Å². The zero-order valence-electron chi connectivity index (χ0n) is 22.5. The summed E-state index contributed by atoms with van der Waals surface area (Å²) in [6.45, 7) is 13.8. The first-order valence-electron chi connectivity index (χ1n) is 10.8. The van der Waals surface area contributed by atoms with Crippen molar-refractivity contribution in [3.8, 4) is 0 Å². The third kappa shape index (κ3) is 4.63. The van der Waals surface area contributed by atoms with Crippen molar-refractivity contribution in [2.45, 2.75) is 46.6 Å². The van der Waals surface area contributed by atoms with Crippen molar-refractivity contribution in [3.05, 3.63) is 135 Å². The molecular weight excluding hydrogens is 460 g/mol. The fourth-order valence-corrected chi connectivity index (χ4v) is 12.1. The van der Waals surface area contributed by atoms with Gasteiger partial charge in [-0.15, -0.1) is 6.92 Å². The largest absolute Gasteiger partial charge is 4.00 e. The van der Waals surface area contributed by atoms with E-state index in [4.69, 9.17) is 0 Å². The van der Waals surface area contributed by atoms with E-state index >= 15 is 0 Å². The Morgan fingerprint density at radius 2 is 1.03 bits per heavy atom. The Kier molecular flexibility index (Phi) is 11.5. The molecule has 1 unspecified atom stereocenters. The number of hydrogen-bond acceptors (Lipinski definition) is 0. The fraction of sp³-hybridized carbons (Fsp3) is 0.219. The summed E-state index contributed by atoms with van der Waals surface area (Å²) in [7, 11) is -2.54. The second-order valence-corrected chi connectivity index (χ2v) is 13.0. The molecule has 0 aromatic heterocycles. The first-order chi connectivity index (χ1) is 14.3. The van der Waals surface area contributed by atoms with Gasteiger partial charge in [-0.1, -0.05) is 116 Å². The van der Waals surface area contributed by atoms with Gasteiger partial charge in [0.25, 0.3) is 0 Å². The molecule has 1 aliphatic carbocycles. The molecule has 3 aromatic carbocycles. The molecule has 0 saturated heterocycles. The minimum absolute atomic E-state index is 0. The summed E-state index contributed by atoms with van der Waals surface area (Å²) >= 11 is 0. The average Bonchev–Trinajstić information content (AvgIpc) is 2.95. The molecule has 0 saturated carbocycles. The van der Waals surface area contributed by atoms with E-state index in [2.05, 4.69) is 126 Å². The van der Waals surface area contributed by atoms with Gasteiger partial charge in [0, 0.05) is 0 Å². The van der Waals surface area contributed by atoms with Crippen LogP contribution in [0.25, 0.3) is 0 Å². The van der Waals surface area contributed by atoms with Crippen LogP contribution in [0.15, 0.2) is 95.6 Å². The van der Waals surface area contributed by atoms with E-state index in [0.717, 1.165) is 0 Å². The Hall–Kier alpha value is -1.93. The van der Waals surface area contributed by atoms with Crippen LogP contribution < -0.4 is 15.6 Å². The normalized spacial score (nSPS) is 16.9. The van der Waals surface area contributed by atoms with Crippen LogP contribution in [0, 0.1) is 42.2 Å². The number of allylic oxidation sites excluding steroid dienone is 4. The molecule has 2 heteroatoms. The van der Waals surface area contributed by atoms with E-state index in [1.807, 2.05) is 0 Å². The third-order valence-electron chi connectivity index (χ3n) is 7.33. The molecule has 3 aromatic rings. The molecule has 0 bridgehead atoms. The topological polar surface area (TPSA) is 0 Å². The molecule has 1 atom stereocenters. The van der Waals surface area contributed by atoms with Crippen LogP contribution in [-0.2, 0) is 21.7 Å². The second-order valence-electron chi connectivity index (χ2n) is 8.87.